The first-order chi connectivity index (χ1) is 18.3. The van der Waals surface area contributed by atoms with Crippen molar-refractivity contribution in [1.82, 2.24) is 25.5 Å². The van der Waals surface area contributed by atoms with Crippen molar-refractivity contribution in [2.75, 3.05) is 33.9 Å². The Balaban J connectivity index is 1.62. The van der Waals surface area contributed by atoms with Crippen molar-refractivity contribution >= 4 is 40.0 Å². The molecule has 1 fully saturated rings. The average molecular weight is 556 g/mol. The molecule has 0 spiro atoms. The second kappa shape index (κ2) is 11.9. The van der Waals surface area contributed by atoms with Gasteiger partial charge in [-0.25, -0.2) is 9.97 Å². The summed E-state index contributed by atoms with van der Waals surface area (Å²) in [6, 6.07) is 7.35. The molecule has 200 valence electrons. The van der Waals surface area contributed by atoms with Gasteiger partial charge < -0.3 is 25.0 Å². The molecular formula is C28H31Cl2N5O3. The van der Waals surface area contributed by atoms with Gasteiger partial charge in [-0.1, -0.05) is 42.4 Å². The van der Waals surface area contributed by atoms with Crippen molar-refractivity contribution in [2.24, 2.45) is 5.92 Å². The Bertz CT molecular complexity index is 1350. The van der Waals surface area contributed by atoms with E-state index in [1.165, 1.54) is 6.08 Å². The summed E-state index contributed by atoms with van der Waals surface area (Å²) in [6.07, 6.45) is 3.68. The van der Waals surface area contributed by atoms with Crippen LogP contribution in [0.15, 0.2) is 55.5 Å². The zero-order chi connectivity index (χ0) is 27.4. The van der Waals surface area contributed by atoms with Crippen molar-refractivity contribution < 1.29 is 14.3 Å². The number of halogens is 2. The lowest BCUT2D eigenvalue weighted by Gasteiger charge is -2.21. The van der Waals surface area contributed by atoms with E-state index in [9.17, 15) is 4.79 Å². The summed E-state index contributed by atoms with van der Waals surface area (Å²) in [7, 11) is 3.09. The minimum absolute atomic E-state index is 0.0788. The predicted octanol–water partition coefficient (Wildman–Crippen LogP) is 4.85. The van der Waals surface area contributed by atoms with Gasteiger partial charge in [0.1, 0.15) is 17.3 Å². The molecule has 4 rings (SSSR count). The summed E-state index contributed by atoms with van der Waals surface area (Å²) in [4.78, 5) is 23.7. The number of hydrogen-bond acceptors (Lipinski definition) is 7. The van der Waals surface area contributed by atoms with E-state index >= 15 is 0 Å². The van der Waals surface area contributed by atoms with Crippen LogP contribution in [0.25, 0.3) is 22.0 Å². The van der Waals surface area contributed by atoms with Gasteiger partial charge in [-0.2, -0.15) is 0 Å². The van der Waals surface area contributed by atoms with Crippen molar-refractivity contribution in [3.05, 3.63) is 71.4 Å². The molecule has 2 N–H and O–H groups in total. The smallest absolute Gasteiger partial charge is 0.243 e. The second-order valence-electron chi connectivity index (χ2n) is 9.01. The highest BCUT2D eigenvalue weighted by Gasteiger charge is 2.34. The number of likely N-dealkylation sites (tertiary alicyclic amines) is 1. The van der Waals surface area contributed by atoms with Crippen molar-refractivity contribution in [1.29, 1.82) is 0 Å². The molecule has 0 saturated carbocycles. The number of hydrogen-bond donors (Lipinski definition) is 2. The van der Waals surface area contributed by atoms with Gasteiger partial charge in [0.25, 0.3) is 0 Å². The molecule has 0 radical (unpaired) electrons. The van der Waals surface area contributed by atoms with Crippen molar-refractivity contribution in [3.63, 3.8) is 0 Å². The number of methoxy groups -OCH3 is 2. The highest BCUT2D eigenvalue weighted by Crippen LogP contribution is 2.46. The maximum Gasteiger partial charge on any atom is 0.243 e. The third kappa shape index (κ3) is 5.66. The first-order valence-electron chi connectivity index (χ1n) is 12.3. The number of nitrogens with zero attached hydrogens (tertiary/aromatic N) is 3. The minimum atomic E-state index is -0.200. The molecule has 0 aliphatic carbocycles. The van der Waals surface area contributed by atoms with Crippen LogP contribution in [0.4, 0.5) is 0 Å². The van der Waals surface area contributed by atoms with Crippen LogP contribution in [-0.2, 0) is 11.2 Å². The van der Waals surface area contributed by atoms with Crippen LogP contribution in [0.2, 0.25) is 10.0 Å². The number of carbonyl (C=O) groups is 1. The Morgan fingerprint density at radius 2 is 1.89 bits per heavy atom. The summed E-state index contributed by atoms with van der Waals surface area (Å²) in [5.41, 5.74) is 2.20. The van der Waals surface area contributed by atoms with Crippen LogP contribution in [0.1, 0.15) is 12.7 Å². The zero-order valence-corrected chi connectivity index (χ0v) is 23.2. The molecule has 38 heavy (non-hydrogen) atoms. The molecule has 2 atom stereocenters. The zero-order valence-electron chi connectivity index (χ0n) is 21.7. The van der Waals surface area contributed by atoms with E-state index in [0.717, 1.165) is 35.4 Å². The molecule has 1 aliphatic heterocycles. The molecule has 10 heteroatoms. The van der Waals surface area contributed by atoms with Gasteiger partial charge in [0.2, 0.25) is 5.91 Å². The fourth-order valence-electron chi connectivity index (χ4n) is 4.72. The molecule has 1 aromatic heterocycles. The Morgan fingerprint density at radius 3 is 2.53 bits per heavy atom. The largest absolute Gasteiger partial charge is 0.495 e. The number of ether oxygens (including phenoxy) is 2. The van der Waals surface area contributed by atoms with E-state index in [0.29, 0.717) is 45.9 Å². The van der Waals surface area contributed by atoms with Gasteiger partial charge >= 0.3 is 0 Å². The summed E-state index contributed by atoms with van der Waals surface area (Å²) in [6.45, 7) is 11.9. The maximum absolute atomic E-state index is 12.1. The monoisotopic (exact) mass is 555 g/mol. The number of fused-ring (bicyclic) bond motifs is 1. The molecule has 0 bridgehead atoms. The Labute approximate surface area is 232 Å². The van der Waals surface area contributed by atoms with E-state index < -0.39 is 0 Å². The fourth-order valence-corrected chi connectivity index (χ4v) is 5.44. The van der Waals surface area contributed by atoms with Gasteiger partial charge in [0.15, 0.2) is 0 Å². The molecule has 1 aliphatic rings. The molecule has 1 saturated heterocycles. The lowest BCUT2D eigenvalue weighted by molar-refractivity contribution is -0.117. The number of carbonyl (C=O) groups excluding carboxylic acids is 1. The minimum Gasteiger partial charge on any atom is -0.495 e. The lowest BCUT2D eigenvalue weighted by Crippen LogP contribution is -2.40. The van der Waals surface area contributed by atoms with Gasteiger partial charge in [0.05, 0.1) is 41.6 Å². The van der Waals surface area contributed by atoms with Crippen LogP contribution in [-0.4, -0.2) is 60.7 Å². The van der Waals surface area contributed by atoms with Crippen molar-refractivity contribution in [2.45, 2.75) is 19.4 Å². The van der Waals surface area contributed by atoms with Crippen LogP contribution < -0.4 is 20.1 Å². The fraction of sp³-hybridized carbons (Fsp3) is 0.321. The number of benzene rings is 2. The normalized spacial score (nSPS) is 16.8. The van der Waals surface area contributed by atoms with Crippen LogP contribution in [0.3, 0.4) is 0 Å². The van der Waals surface area contributed by atoms with Crippen LogP contribution >= 0.6 is 23.2 Å². The third-order valence-electron chi connectivity index (χ3n) is 6.65. The average Bonchev–Trinajstić information content (AvgIpc) is 3.31. The standard InChI is InChI=1S/C28H31Cl2N5O3/c1-6-25(36)34-21-15-35(16(3)31-7-2)14-19(21)11-24-32-13-18-10-17(8-9-20(18)33-24)26-27(29)22(37-4)12-23(38-5)28(26)30/h6,8-10,12-13,19,21,31H,1,3,7,11,14-15H2,2,4-5H3,(H,34,36)/t19-,21+/m1/s1. The van der Waals surface area contributed by atoms with Gasteiger partial charge in [-0.3, -0.25) is 4.79 Å². The number of amides is 1. The summed E-state index contributed by atoms with van der Waals surface area (Å²) < 4.78 is 10.8. The van der Waals surface area contributed by atoms with E-state index in [1.54, 1.807) is 26.5 Å². The molecule has 2 heterocycles. The Morgan fingerprint density at radius 1 is 1.18 bits per heavy atom. The van der Waals surface area contributed by atoms with Gasteiger partial charge in [0, 0.05) is 55.2 Å². The highest BCUT2D eigenvalue weighted by atomic mass is 35.5. The lowest BCUT2D eigenvalue weighted by atomic mass is 9.99. The molecule has 3 aromatic rings. The van der Waals surface area contributed by atoms with E-state index in [1.807, 2.05) is 25.1 Å². The molecule has 1 amide bonds. The molecule has 8 nitrogen and oxygen atoms in total. The first-order valence-corrected chi connectivity index (χ1v) is 13.0. The van der Waals surface area contributed by atoms with E-state index in [2.05, 4.69) is 33.7 Å². The molecule has 0 unspecified atom stereocenters. The van der Waals surface area contributed by atoms with Crippen LogP contribution in [0, 0.1) is 5.92 Å². The first kappa shape index (κ1) is 27.5. The Hall–Kier alpha value is -3.49. The topological polar surface area (TPSA) is 88.6 Å². The van der Waals surface area contributed by atoms with Gasteiger partial charge in [-0.15, -0.1) is 0 Å². The third-order valence-corrected chi connectivity index (χ3v) is 7.40. The SMILES string of the molecule is C=CC(=O)N[C@H]1CN(C(=C)NCC)C[C@H]1Cc1ncc2cc(-c3c(Cl)c(OC)cc(OC)c3Cl)ccc2n1. The van der Waals surface area contributed by atoms with Crippen LogP contribution in [0.5, 0.6) is 11.5 Å². The quantitative estimate of drug-likeness (QED) is 0.346. The molecular weight excluding hydrogens is 525 g/mol. The predicted molar refractivity (Wildman–Crippen MR) is 152 cm³/mol. The highest BCUT2D eigenvalue weighted by molar-refractivity contribution is 6.41. The van der Waals surface area contributed by atoms with E-state index in [-0.39, 0.29) is 17.9 Å². The van der Waals surface area contributed by atoms with Crippen molar-refractivity contribution in [3.8, 4) is 22.6 Å². The van der Waals surface area contributed by atoms with E-state index in [4.69, 9.17) is 37.7 Å². The number of nitrogens with one attached hydrogen (secondary N) is 2. The summed E-state index contributed by atoms with van der Waals surface area (Å²) >= 11 is 13.2. The maximum atomic E-state index is 12.1. The summed E-state index contributed by atoms with van der Waals surface area (Å²) in [5.74, 6) is 2.38. The van der Waals surface area contributed by atoms with Gasteiger partial charge in [-0.05, 0) is 30.7 Å². The second-order valence-corrected chi connectivity index (χ2v) is 9.77. The Kier molecular flexibility index (Phi) is 8.64. The number of rotatable bonds is 10. The summed E-state index contributed by atoms with van der Waals surface area (Å²) in [5, 5.41) is 7.94. The molecule has 2 aromatic carbocycles. The number of aromatic nitrogens is 2.